The van der Waals surface area contributed by atoms with E-state index in [2.05, 4.69) is 5.32 Å². The van der Waals surface area contributed by atoms with Crippen LogP contribution in [0.15, 0.2) is 47.4 Å². The maximum absolute atomic E-state index is 12.9. The first-order chi connectivity index (χ1) is 11.2. The fraction of sp³-hybridized carbons (Fsp3) is 0.188. The van der Waals surface area contributed by atoms with Crippen molar-refractivity contribution in [2.75, 3.05) is 5.32 Å². The summed E-state index contributed by atoms with van der Waals surface area (Å²) in [6, 6.07) is 8.26. The number of benzene rings is 2. The number of rotatable bonds is 4. The van der Waals surface area contributed by atoms with Crippen molar-refractivity contribution in [3.63, 3.8) is 0 Å². The molecular formula is C16H12ClF4NOS. The Balaban J connectivity index is 2.09. The van der Waals surface area contributed by atoms with Crippen molar-refractivity contribution in [1.29, 1.82) is 0 Å². The molecule has 128 valence electrons. The van der Waals surface area contributed by atoms with Gasteiger partial charge in [-0.05, 0) is 49.4 Å². The lowest BCUT2D eigenvalue weighted by Crippen LogP contribution is -2.22. The van der Waals surface area contributed by atoms with Crippen LogP contribution in [0.3, 0.4) is 0 Å². The molecule has 0 aliphatic heterocycles. The van der Waals surface area contributed by atoms with Crippen molar-refractivity contribution in [1.82, 2.24) is 0 Å². The summed E-state index contributed by atoms with van der Waals surface area (Å²) >= 11 is 6.99. The second kappa shape index (κ2) is 7.44. The summed E-state index contributed by atoms with van der Waals surface area (Å²) in [5.41, 5.74) is -1.01. The topological polar surface area (TPSA) is 29.1 Å². The van der Waals surface area contributed by atoms with Crippen LogP contribution >= 0.6 is 23.4 Å². The highest BCUT2D eigenvalue weighted by molar-refractivity contribution is 8.00. The van der Waals surface area contributed by atoms with Gasteiger partial charge in [0.2, 0.25) is 5.91 Å². The Morgan fingerprint density at radius 3 is 2.38 bits per heavy atom. The van der Waals surface area contributed by atoms with Crippen LogP contribution in [0.25, 0.3) is 0 Å². The standard InChI is InChI=1S/C16H12ClF4NOS/c1-9(24-12-5-3-11(18)4-6-12)15(23)22-14-8-10(16(19,20)21)2-7-13(14)17/h2-9H,1H3,(H,22,23)/t9-/m0/s1. The van der Waals surface area contributed by atoms with Gasteiger partial charge in [0.1, 0.15) is 5.82 Å². The Bertz CT molecular complexity index is 734. The minimum absolute atomic E-state index is 0.00957. The first-order valence-electron chi connectivity index (χ1n) is 6.76. The molecule has 0 saturated heterocycles. The van der Waals surface area contributed by atoms with Crippen molar-refractivity contribution >= 4 is 35.0 Å². The van der Waals surface area contributed by atoms with Crippen molar-refractivity contribution in [2.24, 2.45) is 0 Å². The maximum Gasteiger partial charge on any atom is 0.416 e. The van der Waals surface area contributed by atoms with E-state index in [0.29, 0.717) is 4.90 Å². The van der Waals surface area contributed by atoms with Crippen molar-refractivity contribution in [3.8, 4) is 0 Å². The molecule has 1 N–H and O–H groups in total. The van der Waals surface area contributed by atoms with Crippen LogP contribution in [-0.2, 0) is 11.0 Å². The normalized spacial score (nSPS) is 12.8. The number of halogens is 5. The monoisotopic (exact) mass is 377 g/mol. The fourth-order valence-electron chi connectivity index (χ4n) is 1.80. The number of carbonyl (C=O) groups is 1. The average Bonchev–Trinajstić information content (AvgIpc) is 2.50. The summed E-state index contributed by atoms with van der Waals surface area (Å²) < 4.78 is 51.0. The van der Waals surface area contributed by atoms with E-state index in [1.807, 2.05) is 0 Å². The summed E-state index contributed by atoms with van der Waals surface area (Å²) in [5, 5.41) is 1.79. The summed E-state index contributed by atoms with van der Waals surface area (Å²) in [6.45, 7) is 1.59. The molecule has 1 atom stereocenters. The van der Waals surface area contributed by atoms with E-state index in [-0.39, 0.29) is 10.7 Å². The number of hydrogen-bond acceptors (Lipinski definition) is 2. The van der Waals surface area contributed by atoms with Gasteiger partial charge in [-0.15, -0.1) is 11.8 Å². The molecule has 0 aromatic heterocycles. The highest BCUT2D eigenvalue weighted by Crippen LogP contribution is 2.34. The highest BCUT2D eigenvalue weighted by Gasteiger charge is 2.31. The molecule has 2 aromatic carbocycles. The molecule has 2 rings (SSSR count). The summed E-state index contributed by atoms with van der Waals surface area (Å²) in [4.78, 5) is 12.8. The van der Waals surface area contributed by atoms with Crippen LogP contribution < -0.4 is 5.32 Å². The van der Waals surface area contributed by atoms with Gasteiger partial charge in [0.25, 0.3) is 0 Å². The molecule has 1 amide bonds. The van der Waals surface area contributed by atoms with Crippen LogP contribution in [0.4, 0.5) is 23.2 Å². The van der Waals surface area contributed by atoms with Crippen LogP contribution in [-0.4, -0.2) is 11.2 Å². The zero-order chi connectivity index (χ0) is 17.9. The van der Waals surface area contributed by atoms with E-state index in [1.54, 1.807) is 6.92 Å². The second-order valence-corrected chi connectivity index (χ2v) is 6.72. The second-order valence-electron chi connectivity index (χ2n) is 4.90. The molecule has 0 radical (unpaired) electrons. The Kier molecular flexibility index (Phi) is 5.77. The van der Waals surface area contributed by atoms with E-state index in [0.717, 1.165) is 30.0 Å². The third kappa shape index (κ3) is 4.88. The maximum atomic E-state index is 12.9. The first kappa shape index (κ1) is 18.6. The van der Waals surface area contributed by atoms with Crippen LogP contribution in [0.2, 0.25) is 5.02 Å². The molecule has 0 heterocycles. The summed E-state index contributed by atoms with van der Waals surface area (Å²) in [7, 11) is 0. The number of alkyl halides is 3. The zero-order valence-corrected chi connectivity index (χ0v) is 13.9. The molecule has 2 nitrogen and oxygen atoms in total. The lowest BCUT2D eigenvalue weighted by molar-refractivity contribution is -0.137. The van der Waals surface area contributed by atoms with Gasteiger partial charge in [-0.2, -0.15) is 13.2 Å². The summed E-state index contributed by atoms with van der Waals surface area (Å²) in [5.74, 6) is -0.905. The van der Waals surface area contributed by atoms with E-state index >= 15 is 0 Å². The van der Waals surface area contributed by atoms with E-state index in [4.69, 9.17) is 11.6 Å². The Labute approximate surface area is 145 Å². The van der Waals surface area contributed by atoms with Crippen LogP contribution in [0, 0.1) is 5.82 Å². The van der Waals surface area contributed by atoms with Crippen molar-refractivity contribution in [3.05, 3.63) is 58.9 Å². The quantitative estimate of drug-likeness (QED) is 0.553. The van der Waals surface area contributed by atoms with Gasteiger partial charge in [0, 0.05) is 4.90 Å². The predicted molar refractivity (Wildman–Crippen MR) is 86.8 cm³/mol. The molecule has 0 spiro atoms. The van der Waals surface area contributed by atoms with Crippen LogP contribution in [0.1, 0.15) is 12.5 Å². The van der Waals surface area contributed by atoms with Gasteiger partial charge in [0.15, 0.2) is 0 Å². The molecule has 24 heavy (non-hydrogen) atoms. The highest BCUT2D eigenvalue weighted by atomic mass is 35.5. The fourth-order valence-corrected chi connectivity index (χ4v) is 2.83. The predicted octanol–water partition coefficient (Wildman–Crippen LogP) is 5.62. The first-order valence-corrected chi connectivity index (χ1v) is 8.02. The molecular weight excluding hydrogens is 366 g/mol. The molecule has 0 unspecified atom stereocenters. The number of hydrogen-bond donors (Lipinski definition) is 1. The number of thioether (sulfide) groups is 1. The molecule has 0 fully saturated rings. The van der Waals surface area contributed by atoms with Crippen molar-refractivity contribution < 1.29 is 22.4 Å². The van der Waals surface area contributed by atoms with E-state index in [9.17, 15) is 22.4 Å². The molecule has 0 aliphatic carbocycles. The van der Waals surface area contributed by atoms with Crippen molar-refractivity contribution in [2.45, 2.75) is 23.2 Å². The minimum Gasteiger partial charge on any atom is -0.324 e. The van der Waals surface area contributed by atoms with Gasteiger partial charge in [0.05, 0.1) is 21.5 Å². The Morgan fingerprint density at radius 1 is 1.17 bits per heavy atom. The van der Waals surface area contributed by atoms with E-state index < -0.39 is 28.7 Å². The SMILES string of the molecule is C[C@H](Sc1ccc(F)cc1)C(=O)Nc1cc(C(F)(F)F)ccc1Cl. The average molecular weight is 378 g/mol. The number of nitrogens with one attached hydrogen (secondary N) is 1. The number of carbonyl (C=O) groups excluding carboxylic acids is 1. The number of anilines is 1. The molecule has 0 bridgehead atoms. The third-order valence-electron chi connectivity index (χ3n) is 3.05. The lowest BCUT2D eigenvalue weighted by atomic mass is 10.2. The lowest BCUT2D eigenvalue weighted by Gasteiger charge is -2.15. The molecule has 0 aliphatic rings. The van der Waals surface area contributed by atoms with Gasteiger partial charge in [-0.1, -0.05) is 11.6 Å². The van der Waals surface area contributed by atoms with Crippen LogP contribution in [0.5, 0.6) is 0 Å². The zero-order valence-electron chi connectivity index (χ0n) is 12.3. The molecule has 2 aromatic rings. The Hall–Kier alpha value is -1.73. The van der Waals surface area contributed by atoms with E-state index in [1.165, 1.54) is 24.3 Å². The largest absolute Gasteiger partial charge is 0.416 e. The number of amides is 1. The summed E-state index contributed by atoms with van der Waals surface area (Å²) in [6.07, 6.45) is -4.53. The Morgan fingerprint density at radius 2 is 1.79 bits per heavy atom. The molecule has 8 heteroatoms. The van der Waals surface area contributed by atoms with Gasteiger partial charge >= 0.3 is 6.18 Å². The van der Waals surface area contributed by atoms with Gasteiger partial charge < -0.3 is 5.32 Å². The smallest absolute Gasteiger partial charge is 0.324 e. The van der Waals surface area contributed by atoms with Gasteiger partial charge in [-0.25, -0.2) is 4.39 Å². The minimum atomic E-state index is -4.53. The van der Waals surface area contributed by atoms with Gasteiger partial charge in [-0.3, -0.25) is 4.79 Å². The molecule has 0 saturated carbocycles. The third-order valence-corrected chi connectivity index (χ3v) is 4.49.